The summed E-state index contributed by atoms with van der Waals surface area (Å²) in [5.74, 6) is 0.378. The van der Waals surface area contributed by atoms with Crippen LogP contribution in [0.1, 0.15) is 27.0 Å². The lowest BCUT2D eigenvalue weighted by Gasteiger charge is -2.13. The average molecular weight is 309 g/mol. The van der Waals surface area contributed by atoms with Crippen LogP contribution < -0.4 is 4.74 Å². The summed E-state index contributed by atoms with van der Waals surface area (Å²) in [4.78, 5) is 12.6. The van der Waals surface area contributed by atoms with Gasteiger partial charge in [-0.05, 0) is 43.2 Å². The fourth-order valence-electron chi connectivity index (χ4n) is 2.06. The van der Waals surface area contributed by atoms with Crippen LogP contribution in [0.25, 0.3) is 0 Å². The zero-order valence-corrected chi connectivity index (χ0v) is 13.0. The van der Waals surface area contributed by atoms with Gasteiger partial charge >= 0.3 is 0 Å². The molecule has 0 unspecified atom stereocenters. The van der Waals surface area contributed by atoms with Crippen molar-refractivity contribution in [2.75, 3.05) is 7.11 Å². The molecule has 0 saturated heterocycles. The maximum absolute atomic E-state index is 12.6. The third-order valence-electron chi connectivity index (χ3n) is 3.32. The maximum Gasteiger partial charge on any atom is 0.198 e. The Labute approximate surface area is 128 Å². The summed E-state index contributed by atoms with van der Waals surface area (Å²) in [6, 6.07) is 8.66. The summed E-state index contributed by atoms with van der Waals surface area (Å²) in [7, 11) is 1.55. The van der Waals surface area contributed by atoms with E-state index in [0.717, 1.165) is 11.1 Å². The molecule has 0 aliphatic carbocycles. The topological polar surface area (TPSA) is 26.3 Å². The van der Waals surface area contributed by atoms with Crippen LogP contribution in [0.4, 0.5) is 0 Å². The second kappa shape index (κ2) is 5.86. The first-order chi connectivity index (χ1) is 9.47. The summed E-state index contributed by atoms with van der Waals surface area (Å²) in [6.45, 7) is 3.89. The minimum Gasteiger partial charge on any atom is -0.496 e. The van der Waals surface area contributed by atoms with Gasteiger partial charge in [-0.3, -0.25) is 4.79 Å². The second-order valence-corrected chi connectivity index (χ2v) is 5.30. The number of halogens is 2. The van der Waals surface area contributed by atoms with E-state index in [9.17, 15) is 4.79 Å². The van der Waals surface area contributed by atoms with E-state index in [-0.39, 0.29) is 10.8 Å². The molecule has 2 nitrogen and oxygen atoms in total. The van der Waals surface area contributed by atoms with Crippen molar-refractivity contribution in [2.24, 2.45) is 0 Å². The summed E-state index contributed by atoms with van der Waals surface area (Å²) < 4.78 is 5.37. The van der Waals surface area contributed by atoms with Crippen molar-refractivity contribution in [3.63, 3.8) is 0 Å². The van der Waals surface area contributed by atoms with E-state index in [4.69, 9.17) is 27.9 Å². The predicted molar refractivity (Wildman–Crippen MR) is 82.4 cm³/mol. The Bertz CT molecular complexity index is 678. The molecule has 2 aromatic carbocycles. The van der Waals surface area contributed by atoms with E-state index in [2.05, 4.69) is 0 Å². The number of carbonyl (C=O) groups excluding carboxylic acids is 1. The molecule has 20 heavy (non-hydrogen) atoms. The molecule has 2 aromatic rings. The van der Waals surface area contributed by atoms with Crippen molar-refractivity contribution in [2.45, 2.75) is 13.8 Å². The standard InChI is InChI=1S/C16H14Cl2O2/c1-9-7-8-12(16(20-3)10(9)2)15(19)11-5-4-6-13(17)14(11)18/h4-8H,1-3H3. The van der Waals surface area contributed by atoms with Crippen LogP contribution in [-0.4, -0.2) is 12.9 Å². The van der Waals surface area contributed by atoms with Gasteiger partial charge in [0.15, 0.2) is 5.78 Å². The lowest BCUT2D eigenvalue weighted by molar-refractivity contribution is 0.103. The number of benzene rings is 2. The van der Waals surface area contributed by atoms with Crippen LogP contribution in [0.5, 0.6) is 5.75 Å². The number of carbonyl (C=O) groups is 1. The molecule has 0 amide bonds. The van der Waals surface area contributed by atoms with Crippen molar-refractivity contribution in [1.82, 2.24) is 0 Å². The van der Waals surface area contributed by atoms with Crippen molar-refractivity contribution >= 4 is 29.0 Å². The molecule has 0 aliphatic rings. The van der Waals surface area contributed by atoms with Gasteiger partial charge in [-0.15, -0.1) is 0 Å². The van der Waals surface area contributed by atoms with Crippen molar-refractivity contribution in [1.29, 1.82) is 0 Å². The van der Waals surface area contributed by atoms with E-state index >= 15 is 0 Å². The van der Waals surface area contributed by atoms with Crippen molar-refractivity contribution in [3.05, 3.63) is 62.6 Å². The number of ketones is 1. The highest BCUT2D eigenvalue weighted by Crippen LogP contribution is 2.32. The van der Waals surface area contributed by atoms with Crippen LogP contribution in [-0.2, 0) is 0 Å². The van der Waals surface area contributed by atoms with Gasteiger partial charge in [0.05, 0.1) is 22.7 Å². The molecule has 0 heterocycles. The molecule has 0 saturated carbocycles. The summed E-state index contributed by atoms with van der Waals surface area (Å²) in [5.41, 5.74) is 2.87. The first-order valence-electron chi connectivity index (χ1n) is 6.10. The van der Waals surface area contributed by atoms with Gasteiger partial charge in [-0.1, -0.05) is 35.3 Å². The molecule has 0 spiro atoms. The minimum atomic E-state index is -0.197. The van der Waals surface area contributed by atoms with Gasteiger partial charge in [0.25, 0.3) is 0 Å². The highest BCUT2D eigenvalue weighted by molar-refractivity contribution is 6.44. The Hall–Kier alpha value is -1.51. The molecule has 0 aromatic heterocycles. The van der Waals surface area contributed by atoms with Crippen LogP contribution >= 0.6 is 23.2 Å². The fourth-order valence-corrected chi connectivity index (χ4v) is 2.44. The summed E-state index contributed by atoms with van der Waals surface area (Å²) in [5, 5.41) is 0.625. The van der Waals surface area contributed by atoms with Gasteiger partial charge < -0.3 is 4.74 Å². The minimum absolute atomic E-state index is 0.197. The Morgan fingerprint density at radius 2 is 1.75 bits per heavy atom. The summed E-state index contributed by atoms with van der Waals surface area (Å²) >= 11 is 12.1. The number of ether oxygens (including phenoxy) is 1. The molecule has 0 radical (unpaired) electrons. The first-order valence-corrected chi connectivity index (χ1v) is 6.86. The van der Waals surface area contributed by atoms with Gasteiger partial charge in [-0.2, -0.15) is 0 Å². The van der Waals surface area contributed by atoms with Crippen molar-refractivity contribution < 1.29 is 9.53 Å². The Morgan fingerprint density at radius 1 is 1.05 bits per heavy atom. The van der Waals surface area contributed by atoms with Gasteiger partial charge in [0, 0.05) is 5.56 Å². The molecule has 104 valence electrons. The quantitative estimate of drug-likeness (QED) is 0.758. The Morgan fingerprint density at radius 3 is 2.40 bits per heavy atom. The normalized spacial score (nSPS) is 10.4. The molecule has 0 N–H and O–H groups in total. The number of aryl methyl sites for hydroxylation is 1. The fraction of sp³-hybridized carbons (Fsp3) is 0.188. The van der Waals surface area contributed by atoms with Gasteiger partial charge in [-0.25, -0.2) is 0 Å². The van der Waals surface area contributed by atoms with E-state index < -0.39 is 0 Å². The summed E-state index contributed by atoms with van der Waals surface area (Å²) in [6.07, 6.45) is 0. The third kappa shape index (κ3) is 2.54. The molecule has 0 fully saturated rings. The van der Waals surface area contributed by atoms with Crippen LogP contribution in [0.2, 0.25) is 10.0 Å². The molecule has 0 bridgehead atoms. The number of methoxy groups -OCH3 is 1. The smallest absolute Gasteiger partial charge is 0.198 e. The highest BCUT2D eigenvalue weighted by Gasteiger charge is 2.20. The van der Waals surface area contributed by atoms with Crippen molar-refractivity contribution in [3.8, 4) is 5.75 Å². The monoisotopic (exact) mass is 308 g/mol. The number of hydrogen-bond donors (Lipinski definition) is 0. The lowest BCUT2D eigenvalue weighted by Crippen LogP contribution is -2.06. The van der Waals surface area contributed by atoms with Gasteiger partial charge in [0.1, 0.15) is 5.75 Å². The zero-order chi connectivity index (χ0) is 14.9. The molecule has 2 rings (SSSR count). The Kier molecular flexibility index (Phi) is 4.36. The molecular formula is C16H14Cl2O2. The zero-order valence-electron chi connectivity index (χ0n) is 11.5. The third-order valence-corrected chi connectivity index (χ3v) is 4.14. The van der Waals surface area contributed by atoms with E-state index in [1.807, 2.05) is 19.9 Å². The van der Waals surface area contributed by atoms with E-state index in [0.29, 0.717) is 21.9 Å². The Balaban J connectivity index is 2.60. The maximum atomic E-state index is 12.6. The highest BCUT2D eigenvalue weighted by atomic mass is 35.5. The average Bonchev–Trinajstić information content (AvgIpc) is 2.44. The number of rotatable bonds is 3. The van der Waals surface area contributed by atoms with Crippen LogP contribution in [0.3, 0.4) is 0 Å². The largest absolute Gasteiger partial charge is 0.496 e. The second-order valence-electron chi connectivity index (χ2n) is 4.52. The molecule has 4 heteroatoms. The molecular weight excluding hydrogens is 295 g/mol. The number of hydrogen-bond acceptors (Lipinski definition) is 2. The van der Waals surface area contributed by atoms with Crippen LogP contribution in [0, 0.1) is 13.8 Å². The molecule has 0 aliphatic heterocycles. The SMILES string of the molecule is COc1c(C(=O)c2cccc(Cl)c2Cl)ccc(C)c1C. The van der Waals surface area contributed by atoms with E-state index in [1.54, 1.807) is 31.4 Å². The van der Waals surface area contributed by atoms with E-state index in [1.165, 1.54) is 0 Å². The lowest BCUT2D eigenvalue weighted by atomic mass is 9.97. The predicted octanol–water partition coefficient (Wildman–Crippen LogP) is 4.85. The van der Waals surface area contributed by atoms with Gasteiger partial charge in [0.2, 0.25) is 0 Å². The van der Waals surface area contributed by atoms with Crippen LogP contribution in [0.15, 0.2) is 30.3 Å². The molecule has 0 atom stereocenters. The first kappa shape index (κ1) is 14.9.